The number of carbonyl (C=O) groups is 1. The molecule has 5 rings (SSSR count). The van der Waals surface area contributed by atoms with Crippen molar-refractivity contribution in [2.24, 2.45) is 5.41 Å². The zero-order valence-electron chi connectivity index (χ0n) is 29.1. The summed E-state index contributed by atoms with van der Waals surface area (Å²) in [4.78, 5) is 22.7. The molecule has 0 radical (unpaired) electrons. The number of anilines is 1. The molecule has 1 saturated heterocycles. The Morgan fingerprint density at radius 1 is 0.957 bits per heavy atom. The molecular formula is C37H47FN6O3. The quantitative estimate of drug-likeness (QED) is 0.172. The zero-order valence-corrected chi connectivity index (χ0v) is 29.1. The van der Waals surface area contributed by atoms with E-state index in [4.69, 9.17) is 14.5 Å². The van der Waals surface area contributed by atoms with Crippen LogP contribution in [0.5, 0.6) is 0 Å². The number of ether oxygens (including phenoxy) is 2. The number of carbonyl (C=O) groups excluding carboxylic acids is 1. The number of tetrazole rings is 1. The van der Waals surface area contributed by atoms with Gasteiger partial charge in [0.1, 0.15) is 5.82 Å². The average molecular weight is 643 g/mol. The Kier molecular flexibility index (Phi) is 9.82. The summed E-state index contributed by atoms with van der Waals surface area (Å²) in [6.45, 7) is 20.2. The van der Waals surface area contributed by atoms with Crippen LogP contribution in [0, 0.1) is 25.1 Å². The highest BCUT2D eigenvalue weighted by Gasteiger charge is 2.37. The molecule has 2 aromatic carbocycles. The first kappa shape index (κ1) is 34.2. The zero-order chi connectivity index (χ0) is 34.1. The third kappa shape index (κ3) is 8.22. The number of nitrogens with zero attached hydrogens (tertiary/aromatic N) is 6. The summed E-state index contributed by atoms with van der Waals surface area (Å²) in [5, 5.41) is 13.0. The summed E-state index contributed by atoms with van der Waals surface area (Å²) in [6, 6.07) is 14.3. The molecule has 1 atom stereocenters. The highest BCUT2D eigenvalue weighted by Crippen LogP contribution is 2.45. The molecule has 0 saturated carbocycles. The summed E-state index contributed by atoms with van der Waals surface area (Å²) < 4.78 is 25.6. The molecule has 4 aromatic rings. The van der Waals surface area contributed by atoms with Crippen molar-refractivity contribution < 1.29 is 18.7 Å². The molecule has 1 fully saturated rings. The molecule has 0 spiro atoms. The number of esters is 1. The second kappa shape index (κ2) is 13.5. The molecule has 0 amide bonds. The molecule has 47 heavy (non-hydrogen) atoms. The molecule has 1 aliphatic heterocycles. The Bertz CT molecular complexity index is 1700. The van der Waals surface area contributed by atoms with Gasteiger partial charge in [-0.15, -0.1) is 10.2 Å². The van der Waals surface area contributed by atoms with Gasteiger partial charge in [0, 0.05) is 41.2 Å². The lowest BCUT2D eigenvalue weighted by Crippen LogP contribution is -2.39. The van der Waals surface area contributed by atoms with Crippen LogP contribution >= 0.6 is 0 Å². The normalized spacial score (nSPS) is 15.6. The van der Waals surface area contributed by atoms with E-state index in [9.17, 15) is 9.18 Å². The van der Waals surface area contributed by atoms with E-state index in [0.29, 0.717) is 12.4 Å². The van der Waals surface area contributed by atoms with Crippen molar-refractivity contribution in [3.63, 3.8) is 0 Å². The largest absolute Gasteiger partial charge is 0.461 e. The number of benzene rings is 2. The van der Waals surface area contributed by atoms with Gasteiger partial charge in [-0.3, -0.25) is 4.98 Å². The molecular weight excluding hydrogens is 595 g/mol. The minimum absolute atomic E-state index is 0.231. The SMILES string of the molecule is Cc1nc(C)c(C(OC(C)(C)C)C(=O)OC(C)C)c(N2CCC(C)(C)CC2)c1-c1ccc(-c2nnn(Cc3ccc(F)cc3)n2)cc1. The number of aromatic nitrogens is 5. The van der Waals surface area contributed by atoms with Crippen molar-refractivity contribution in [2.45, 2.75) is 99.5 Å². The fourth-order valence-electron chi connectivity index (χ4n) is 6.01. The maximum atomic E-state index is 13.8. The maximum Gasteiger partial charge on any atom is 0.340 e. The van der Waals surface area contributed by atoms with Crippen molar-refractivity contribution in [1.82, 2.24) is 25.2 Å². The van der Waals surface area contributed by atoms with E-state index in [0.717, 1.165) is 70.8 Å². The Labute approximate surface area is 277 Å². The van der Waals surface area contributed by atoms with Crippen LogP contribution in [-0.4, -0.2) is 56.0 Å². The summed E-state index contributed by atoms with van der Waals surface area (Å²) in [7, 11) is 0. The smallest absolute Gasteiger partial charge is 0.340 e. The van der Waals surface area contributed by atoms with Crippen LogP contribution in [0.25, 0.3) is 22.5 Å². The number of pyridine rings is 1. The standard InChI is InChI=1S/C37H47FN6O3/c1-23(2)46-35(45)33(47-36(5,6)7)31-25(4)39-24(3)30(32(31)43-20-18-37(8,9)19-21-43)27-12-14-28(15-13-27)34-40-42-44(41-34)22-26-10-16-29(38)17-11-26/h10-17,23,33H,18-22H2,1-9H3. The van der Waals surface area contributed by atoms with E-state index in [1.54, 1.807) is 12.1 Å². The highest BCUT2D eigenvalue weighted by molar-refractivity contribution is 5.88. The minimum Gasteiger partial charge on any atom is -0.461 e. The number of hydrogen-bond acceptors (Lipinski definition) is 8. The van der Waals surface area contributed by atoms with Gasteiger partial charge in [0.05, 0.1) is 23.9 Å². The molecule has 9 nitrogen and oxygen atoms in total. The number of hydrogen-bond donors (Lipinski definition) is 0. The van der Waals surface area contributed by atoms with Crippen molar-refractivity contribution in [3.8, 4) is 22.5 Å². The molecule has 0 bridgehead atoms. The van der Waals surface area contributed by atoms with Crippen LogP contribution in [-0.2, 0) is 20.8 Å². The van der Waals surface area contributed by atoms with Crippen LogP contribution in [0.4, 0.5) is 10.1 Å². The Balaban J connectivity index is 1.58. The summed E-state index contributed by atoms with van der Waals surface area (Å²) >= 11 is 0. The minimum atomic E-state index is -0.950. The first-order valence-electron chi connectivity index (χ1n) is 16.4. The number of piperidine rings is 1. The Hall–Kier alpha value is -4.18. The lowest BCUT2D eigenvalue weighted by atomic mass is 9.81. The predicted molar refractivity (Wildman–Crippen MR) is 181 cm³/mol. The molecule has 250 valence electrons. The van der Waals surface area contributed by atoms with Gasteiger partial charge in [0.25, 0.3) is 0 Å². The van der Waals surface area contributed by atoms with Gasteiger partial charge in [-0.1, -0.05) is 50.2 Å². The van der Waals surface area contributed by atoms with Crippen molar-refractivity contribution >= 4 is 11.7 Å². The third-order valence-electron chi connectivity index (χ3n) is 8.43. The summed E-state index contributed by atoms with van der Waals surface area (Å²) in [5.41, 5.74) is 6.58. The van der Waals surface area contributed by atoms with E-state index < -0.39 is 17.7 Å². The maximum absolute atomic E-state index is 13.8. The van der Waals surface area contributed by atoms with E-state index in [-0.39, 0.29) is 17.3 Å². The first-order valence-corrected chi connectivity index (χ1v) is 16.4. The van der Waals surface area contributed by atoms with Gasteiger partial charge in [0.2, 0.25) is 5.82 Å². The third-order valence-corrected chi connectivity index (χ3v) is 8.43. The summed E-state index contributed by atoms with van der Waals surface area (Å²) in [6.07, 6.45) is 0.798. The van der Waals surface area contributed by atoms with Crippen LogP contribution in [0.1, 0.15) is 89.9 Å². The van der Waals surface area contributed by atoms with Gasteiger partial charge in [-0.2, -0.15) is 4.80 Å². The molecule has 3 heterocycles. The fraction of sp³-hybridized carbons (Fsp3) is 0.486. The topological polar surface area (TPSA) is 95.3 Å². The van der Waals surface area contributed by atoms with Crippen molar-refractivity contribution in [3.05, 3.63) is 76.9 Å². The number of halogens is 1. The lowest BCUT2D eigenvalue weighted by Gasteiger charge is -2.41. The molecule has 0 N–H and O–H groups in total. The number of aryl methyl sites for hydroxylation is 2. The van der Waals surface area contributed by atoms with E-state index in [2.05, 4.69) is 34.2 Å². The van der Waals surface area contributed by atoms with Crippen molar-refractivity contribution in [1.29, 1.82) is 0 Å². The van der Waals surface area contributed by atoms with E-state index in [1.807, 2.05) is 72.7 Å². The number of rotatable bonds is 9. The van der Waals surface area contributed by atoms with E-state index in [1.165, 1.54) is 16.9 Å². The Morgan fingerprint density at radius 3 is 2.17 bits per heavy atom. The van der Waals surface area contributed by atoms with Crippen molar-refractivity contribution in [2.75, 3.05) is 18.0 Å². The molecule has 2 aromatic heterocycles. The predicted octanol–water partition coefficient (Wildman–Crippen LogP) is 7.64. The average Bonchev–Trinajstić information content (AvgIpc) is 3.45. The lowest BCUT2D eigenvalue weighted by molar-refractivity contribution is -0.171. The molecule has 1 unspecified atom stereocenters. The molecule has 10 heteroatoms. The fourth-order valence-corrected chi connectivity index (χ4v) is 6.01. The van der Waals surface area contributed by atoms with Gasteiger partial charge in [0.15, 0.2) is 6.10 Å². The van der Waals surface area contributed by atoms with E-state index >= 15 is 0 Å². The highest BCUT2D eigenvalue weighted by atomic mass is 19.1. The second-order valence-electron chi connectivity index (χ2n) is 14.5. The van der Waals surface area contributed by atoms with Gasteiger partial charge in [-0.05, 0) is 95.2 Å². The molecule has 0 aliphatic carbocycles. The Morgan fingerprint density at radius 2 is 1.57 bits per heavy atom. The molecule has 1 aliphatic rings. The second-order valence-corrected chi connectivity index (χ2v) is 14.5. The monoisotopic (exact) mass is 642 g/mol. The van der Waals surface area contributed by atoms with Crippen LogP contribution in [0.2, 0.25) is 0 Å². The van der Waals surface area contributed by atoms with Gasteiger partial charge < -0.3 is 14.4 Å². The first-order chi connectivity index (χ1) is 22.1. The van der Waals surface area contributed by atoms with Crippen LogP contribution in [0.15, 0.2) is 48.5 Å². The van der Waals surface area contributed by atoms with Crippen LogP contribution < -0.4 is 4.90 Å². The summed E-state index contributed by atoms with van der Waals surface area (Å²) in [5.74, 6) is -0.211. The van der Waals surface area contributed by atoms with Crippen LogP contribution in [0.3, 0.4) is 0 Å². The van der Waals surface area contributed by atoms with Gasteiger partial charge in [-0.25, -0.2) is 9.18 Å². The van der Waals surface area contributed by atoms with Gasteiger partial charge >= 0.3 is 5.97 Å².